The van der Waals surface area contributed by atoms with Crippen LogP contribution in [0.4, 0.5) is 11.6 Å². The maximum Gasteiger partial charge on any atom is 0.260 e. The van der Waals surface area contributed by atoms with Gasteiger partial charge in [-0.1, -0.05) is 0 Å². The van der Waals surface area contributed by atoms with E-state index in [2.05, 4.69) is 37.5 Å². The number of carbonyl (C=O) groups excluding carboxylic acids is 1. The first-order chi connectivity index (χ1) is 13.5. The number of fused-ring (bicyclic) bond motifs is 1. The standard InChI is InChI=1S/C19H20N6O3/c1-10-22-16(25-19(2)4-5-19)15-11(9-28-18(15)23-10)17(26)24-14-8-20-12(7-21-14)13-3-6-27-13/h7-9,13H,3-6H2,1-2H3,(H,21,24,26)(H,22,23,25). The van der Waals surface area contributed by atoms with Gasteiger partial charge in [0, 0.05) is 12.0 Å². The van der Waals surface area contributed by atoms with Gasteiger partial charge in [0.15, 0.2) is 5.82 Å². The van der Waals surface area contributed by atoms with Crippen molar-refractivity contribution < 1.29 is 13.9 Å². The monoisotopic (exact) mass is 380 g/mol. The van der Waals surface area contributed by atoms with Crippen LogP contribution < -0.4 is 10.6 Å². The van der Waals surface area contributed by atoms with Gasteiger partial charge < -0.3 is 19.8 Å². The first-order valence-corrected chi connectivity index (χ1v) is 9.30. The van der Waals surface area contributed by atoms with Crippen LogP contribution in [0.15, 0.2) is 23.1 Å². The second-order valence-electron chi connectivity index (χ2n) is 7.56. The summed E-state index contributed by atoms with van der Waals surface area (Å²) >= 11 is 0. The van der Waals surface area contributed by atoms with Crippen LogP contribution in [0.2, 0.25) is 0 Å². The molecular formula is C19H20N6O3. The van der Waals surface area contributed by atoms with Crippen molar-refractivity contribution in [1.82, 2.24) is 19.9 Å². The van der Waals surface area contributed by atoms with Crippen molar-refractivity contribution in [1.29, 1.82) is 0 Å². The second-order valence-corrected chi connectivity index (χ2v) is 7.56. The topological polar surface area (TPSA) is 115 Å². The second kappa shape index (κ2) is 6.23. The number of carbonyl (C=O) groups is 1. The Kier molecular flexibility index (Phi) is 3.80. The Hall–Kier alpha value is -3.07. The molecule has 1 saturated carbocycles. The molecular weight excluding hydrogens is 360 g/mol. The normalized spacial score (nSPS) is 19.9. The molecule has 0 aromatic carbocycles. The lowest BCUT2D eigenvalue weighted by Gasteiger charge is -2.25. The first-order valence-electron chi connectivity index (χ1n) is 9.30. The van der Waals surface area contributed by atoms with Gasteiger partial charge >= 0.3 is 0 Å². The van der Waals surface area contributed by atoms with E-state index in [-0.39, 0.29) is 17.6 Å². The van der Waals surface area contributed by atoms with Crippen LogP contribution in [0.25, 0.3) is 11.1 Å². The highest BCUT2D eigenvalue weighted by Crippen LogP contribution is 2.40. The van der Waals surface area contributed by atoms with Crippen molar-refractivity contribution in [2.75, 3.05) is 17.2 Å². The van der Waals surface area contributed by atoms with Crippen LogP contribution in [-0.2, 0) is 4.74 Å². The Balaban J connectivity index is 1.42. The van der Waals surface area contributed by atoms with Gasteiger partial charge in [-0.05, 0) is 26.7 Å². The van der Waals surface area contributed by atoms with Gasteiger partial charge in [-0.25, -0.2) is 9.97 Å². The molecule has 1 amide bonds. The minimum Gasteiger partial charge on any atom is -0.445 e. The van der Waals surface area contributed by atoms with Crippen LogP contribution >= 0.6 is 0 Å². The molecule has 5 rings (SSSR count). The Morgan fingerprint density at radius 3 is 2.71 bits per heavy atom. The summed E-state index contributed by atoms with van der Waals surface area (Å²) in [5.74, 6) is 1.21. The quantitative estimate of drug-likeness (QED) is 0.694. The number of nitrogens with zero attached hydrogens (tertiary/aromatic N) is 4. The minimum atomic E-state index is -0.350. The number of hydrogen-bond acceptors (Lipinski definition) is 8. The van der Waals surface area contributed by atoms with Crippen molar-refractivity contribution in [2.24, 2.45) is 0 Å². The molecule has 3 aromatic rings. The van der Waals surface area contributed by atoms with E-state index in [4.69, 9.17) is 9.15 Å². The van der Waals surface area contributed by atoms with Gasteiger partial charge in [0.25, 0.3) is 5.91 Å². The lowest BCUT2D eigenvalue weighted by atomic mass is 10.1. The summed E-state index contributed by atoms with van der Waals surface area (Å²) < 4.78 is 10.9. The smallest absolute Gasteiger partial charge is 0.260 e. The van der Waals surface area contributed by atoms with E-state index in [1.165, 1.54) is 12.5 Å². The number of ether oxygens (including phenoxy) is 1. The molecule has 9 heteroatoms. The van der Waals surface area contributed by atoms with Crippen molar-refractivity contribution in [3.05, 3.63) is 35.7 Å². The summed E-state index contributed by atoms with van der Waals surface area (Å²) in [6.07, 6.45) is 7.62. The SMILES string of the molecule is Cc1nc(NC2(C)CC2)c2c(C(=O)Nc3cnc(C4CCO4)cn3)coc2n1. The van der Waals surface area contributed by atoms with Gasteiger partial charge in [-0.3, -0.25) is 9.78 Å². The maximum absolute atomic E-state index is 12.8. The molecule has 0 spiro atoms. The van der Waals surface area contributed by atoms with Crippen molar-refractivity contribution in [2.45, 2.75) is 44.8 Å². The predicted molar refractivity (Wildman–Crippen MR) is 101 cm³/mol. The summed E-state index contributed by atoms with van der Waals surface area (Å²) in [7, 11) is 0. The molecule has 1 aliphatic carbocycles. The number of rotatable bonds is 5. The number of hydrogen-bond donors (Lipinski definition) is 2. The van der Waals surface area contributed by atoms with Crippen LogP contribution in [0, 0.1) is 6.92 Å². The molecule has 3 aromatic heterocycles. The Bertz CT molecular complexity index is 1050. The average molecular weight is 380 g/mol. The third-order valence-corrected chi connectivity index (χ3v) is 5.15. The van der Waals surface area contributed by atoms with E-state index >= 15 is 0 Å². The summed E-state index contributed by atoms with van der Waals surface area (Å²) in [5, 5.41) is 6.76. The van der Waals surface area contributed by atoms with Gasteiger partial charge in [0.05, 0.1) is 35.6 Å². The van der Waals surface area contributed by atoms with Crippen LogP contribution in [0.5, 0.6) is 0 Å². The molecule has 0 bridgehead atoms. The molecule has 1 unspecified atom stereocenters. The number of aromatic nitrogens is 4. The number of nitrogens with one attached hydrogen (secondary N) is 2. The molecule has 4 heterocycles. The molecule has 2 N–H and O–H groups in total. The lowest BCUT2D eigenvalue weighted by molar-refractivity contribution is -0.0554. The van der Waals surface area contributed by atoms with Gasteiger partial charge in [0.1, 0.15) is 24.0 Å². The fraction of sp³-hybridized carbons (Fsp3) is 0.421. The van der Waals surface area contributed by atoms with Crippen molar-refractivity contribution >= 4 is 28.6 Å². The number of anilines is 2. The zero-order valence-electron chi connectivity index (χ0n) is 15.7. The molecule has 28 heavy (non-hydrogen) atoms. The molecule has 2 aliphatic rings. The highest BCUT2D eigenvalue weighted by Gasteiger charge is 2.38. The Labute approximate surface area is 160 Å². The maximum atomic E-state index is 12.8. The highest BCUT2D eigenvalue weighted by atomic mass is 16.5. The summed E-state index contributed by atoms with van der Waals surface area (Å²) in [6, 6.07) is 0. The Morgan fingerprint density at radius 2 is 2.07 bits per heavy atom. The van der Waals surface area contributed by atoms with E-state index in [1.54, 1.807) is 13.1 Å². The average Bonchev–Trinajstić information content (AvgIpc) is 3.17. The molecule has 9 nitrogen and oxygen atoms in total. The minimum absolute atomic E-state index is 0.00361. The summed E-state index contributed by atoms with van der Waals surface area (Å²) in [6.45, 7) is 4.67. The fourth-order valence-corrected chi connectivity index (χ4v) is 3.13. The molecule has 0 radical (unpaired) electrons. The fourth-order valence-electron chi connectivity index (χ4n) is 3.13. The number of aryl methyl sites for hydroxylation is 1. The van der Waals surface area contributed by atoms with E-state index in [9.17, 15) is 4.79 Å². The third kappa shape index (κ3) is 3.07. The first kappa shape index (κ1) is 17.1. The lowest BCUT2D eigenvalue weighted by Crippen LogP contribution is -2.20. The van der Waals surface area contributed by atoms with Crippen LogP contribution in [-0.4, -0.2) is 38.0 Å². The molecule has 1 atom stereocenters. The van der Waals surface area contributed by atoms with Gasteiger partial charge in [-0.2, -0.15) is 4.98 Å². The molecule has 144 valence electrons. The molecule has 1 saturated heterocycles. The van der Waals surface area contributed by atoms with Crippen molar-refractivity contribution in [3.63, 3.8) is 0 Å². The van der Waals surface area contributed by atoms with E-state index in [1.807, 2.05) is 0 Å². The van der Waals surface area contributed by atoms with Crippen LogP contribution in [0.1, 0.15) is 54.2 Å². The van der Waals surface area contributed by atoms with E-state index in [0.717, 1.165) is 31.6 Å². The van der Waals surface area contributed by atoms with Gasteiger partial charge in [0.2, 0.25) is 5.71 Å². The predicted octanol–water partition coefficient (Wildman–Crippen LogP) is 3.00. The molecule has 2 fully saturated rings. The van der Waals surface area contributed by atoms with Gasteiger partial charge in [-0.15, -0.1) is 0 Å². The Morgan fingerprint density at radius 1 is 1.25 bits per heavy atom. The third-order valence-electron chi connectivity index (χ3n) is 5.15. The largest absolute Gasteiger partial charge is 0.445 e. The van der Waals surface area contributed by atoms with E-state index < -0.39 is 0 Å². The van der Waals surface area contributed by atoms with Crippen molar-refractivity contribution in [3.8, 4) is 0 Å². The van der Waals surface area contributed by atoms with E-state index in [0.29, 0.717) is 34.1 Å². The molecule has 1 aliphatic heterocycles. The zero-order chi connectivity index (χ0) is 19.3. The highest BCUT2D eigenvalue weighted by molar-refractivity contribution is 6.14. The number of furan rings is 1. The summed E-state index contributed by atoms with van der Waals surface area (Å²) in [4.78, 5) is 30.2. The zero-order valence-corrected chi connectivity index (χ0v) is 15.7. The number of amides is 1. The summed E-state index contributed by atoms with van der Waals surface area (Å²) in [5.41, 5.74) is 1.51. The van der Waals surface area contributed by atoms with Crippen LogP contribution in [0.3, 0.4) is 0 Å².